The van der Waals surface area contributed by atoms with Gasteiger partial charge >= 0.3 is 0 Å². The Morgan fingerprint density at radius 2 is 2.21 bits per heavy atom. The zero-order valence-electron chi connectivity index (χ0n) is 9.29. The van der Waals surface area contributed by atoms with Gasteiger partial charge in [0.05, 0.1) is 0 Å². The van der Waals surface area contributed by atoms with Crippen LogP contribution in [-0.2, 0) is 4.79 Å². The summed E-state index contributed by atoms with van der Waals surface area (Å²) in [6.07, 6.45) is 3.00. The fraction of sp³-hybridized carbons (Fsp3) is 0.909. The van der Waals surface area contributed by atoms with Gasteiger partial charge in [-0.2, -0.15) is 0 Å². The number of rotatable bonds is 2. The minimum atomic E-state index is 0.316. The van der Waals surface area contributed by atoms with Crippen LogP contribution < -0.4 is 0 Å². The number of likely N-dealkylation sites (tertiary alicyclic amines) is 1. The third-order valence-electron chi connectivity index (χ3n) is 2.80. The Kier molecular flexibility index (Phi) is 4.42. The van der Waals surface area contributed by atoms with Gasteiger partial charge in [0.15, 0.2) is 0 Å². The Morgan fingerprint density at radius 3 is 2.79 bits per heavy atom. The van der Waals surface area contributed by atoms with E-state index >= 15 is 0 Å². The van der Waals surface area contributed by atoms with E-state index in [0.717, 1.165) is 13.0 Å². The molecule has 0 aliphatic carbocycles. The second-order valence-electron chi connectivity index (χ2n) is 4.58. The molecule has 0 N–H and O–H groups in total. The summed E-state index contributed by atoms with van der Waals surface area (Å²) in [4.78, 5) is 14.4. The lowest BCUT2D eigenvalue weighted by molar-refractivity contribution is -0.134. The Balaban J connectivity index is 2.53. The first kappa shape index (κ1) is 12.0. The van der Waals surface area contributed by atoms with Crippen LogP contribution in [0, 0.1) is 5.92 Å². The number of halogens is 1. The zero-order valence-corrected chi connectivity index (χ0v) is 10.9. The SMILES string of the molecule is CC(C)CC(=O)N1CCCC(Br)C1C. The van der Waals surface area contributed by atoms with Crippen LogP contribution in [0.25, 0.3) is 0 Å². The number of nitrogens with zero attached hydrogens (tertiary/aromatic N) is 1. The molecule has 82 valence electrons. The van der Waals surface area contributed by atoms with Gasteiger partial charge in [-0.15, -0.1) is 0 Å². The van der Waals surface area contributed by atoms with Gasteiger partial charge in [-0.05, 0) is 25.7 Å². The molecule has 1 aliphatic heterocycles. The number of carbonyl (C=O) groups excluding carboxylic acids is 1. The van der Waals surface area contributed by atoms with Crippen molar-refractivity contribution in [3.63, 3.8) is 0 Å². The van der Waals surface area contributed by atoms with E-state index in [1.807, 2.05) is 4.90 Å². The van der Waals surface area contributed by atoms with Crippen molar-refractivity contribution in [3.05, 3.63) is 0 Å². The van der Waals surface area contributed by atoms with E-state index in [1.165, 1.54) is 6.42 Å². The van der Waals surface area contributed by atoms with Crippen molar-refractivity contribution in [1.82, 2.24) is 4.90 Å². The fourth-order valence-electron chi connectivity index (χ4n) is 1.92. The van der Waals surface area contributed by atoms with E-state index in [1.54, 1.807) is 0 Å². The number of alkyl halides is 1. The molecule has 14 heavy (non-hydrogen) atoms. The number of piperidine rings is 1. The highest BCUT2D eigenvalue weighted by Gasteiger charge is 2.29. The summed E-state index contributed by atoms with van der Waals surface area (Å²) in [6.45, 7) is 7.27. The van der Waals surface area contributed by atoms with Gasteiger partial charge < -0.3 is 4.90 Å². The normalized spacial score (nSPS) is 28.2. The summed E-state index contributed by atoms with van der Waals surface area (Å²) in [5, 5.41) is 0. The van der Waals surface area contributed by atoms with Gasteiger partial charge in [-0.1, -0.05) is 29.8 Å². The van der Waals surface area contributed by atoms with Gasteiger partial charge in [-0.3, -0.25) is 4.79 Å². The lowest BCUT2D eigenvalue weighted by atomic mass is 10.0. The molecular weight excluding hydrogens is 242 g/mol. The topological polar surface area (TPSA) is 20.3 Å². The number of carbonyl (C=O) groups is 1. The molecule has 1 saturated heterocycles. The van der Waals surface area contributed by atoms with E-state index in [0.29, 0.717) is 29.1 Å². The predicted molar refractivity (Wildman–Crippen MR) is 62.6 cm³/mol. The lowest BCUT2D eigenvalue weighted by Gasteiger charge is -2.37. The summed E-state index contributed by atoms with van der Waals surface area (Å²) in [5.74, 6) is 0.780. The van der Waals surface area contributed by atoms with Gasteiger partial charge in [-0.25, -0.2) is 0 Å². The molecule has 0 aromatic rings. The van der Waals surface area contributed by atoms with E-state index in [4.69, 9.17) is 0 Å². The smallest absolute Gasteiger partial charge is 0.223 e. The first-order valence-corrected chi connectivity index (χ1v) is 6.37. The molecule has 0 spiro atoms. The molecule has 2 nitrogen and oxygen atoms in total. The molecule has 0 aromatic carbocycles. The maximum atomic E-state index is 11.9. The van der Waals surface area contributed by atoms with Crippen LogP contribution >= 0.6 is 15.9 Å². The van der Waals surface area contributed by atoms with E-state index in [2.05, 4.69) is 36.7 Å². The summed E-state index contributed by atoms with van der Waals surface area (Å²) >= 11 is 3.63. The van der Waals surface area contributed by atoms with Crippen molar-refractivity contribution in [3.8, 4) is 0 Å². The summed E-state index contributed by atoms with van der Waals surface area (Å²) in [5.41, 5.74) is 0. The van der Waals surface area contributed by atoms with Crippen LogP contribution in [0.3, 0.4) is 0 Å². The highest BCUT2D eigenvalue weighted by molar-refractivity contribution is 9.09. The number of amides is 1. The molecule has 1 aliphatic rings. The fourth-order valence-corrected chi connectivity index (χ4v) is 2.52. The highest BCUT2D eigenvalue weighted by Crippen LogP contribution is 2.24. The molecule has 0 radical (unpaired) electrons. The van der Waals surface area contributed by atoms with Crippen molar-refractivity contribution in [2.24, 2.45) is 5.92 Å². The van der Waals surface area contributed by atoms with Gasteiger partial charge in [0, 0.05) is 23.8 Å². The maximum Gasteiger partial charge on any atom is 0.223 e. The van der Waals surface area contributed by atoms with E-state index in [9.17, 15) is 4.79 Å². The van der Waals surface area contributed by atoms with Crippen LogP contribution in [0.5, 0.6) is 0 Å². The van der Waals surface area contributed by atoms with Crippen molar-refractivity contribution < 1.29 is 4.79 Å². The van der Waals surface area contributed by atoms with Gasteiger partial charge in [0.1, 0.15) is 0 Å². The second kappa shape index (κ2) is 5.15. The van der Waals surface area contributed by atoms with Crippen molar-refractivity contribution in [1.29, 1.82) is 0 Å². The first-order valence-electron chi connectivity index (χ1n) is 5.46. The van der Waals surface area contributed by atoms with E-state index < -0.39 is 0 Å². The Hall–Kier alpha value is -0.0500. The molecule has 3 heteroatoms. The molecular formula is C11H20BrNO. The average molecular weight is 262 g/mol. The largest absolute Gasteiger partial charge is 0.339 e. The van der Waals surface area contributed by atoms with Crippen LogP contribution in [0.1, 0.15) is 40.0 Å². The third-order valence-corrected chi connectivity index (χ3v) is 4.02. The van der Waals surface area contributed by atoms with Crippen LogP contribution in [-0.4, -0.2) is 28.2 Å². The summed E-state index contributed by atoms with van der Waals surface area (Å²) in [7, 11) is 0. The second-order valence-corrected chi connectivity index (χ2v) is 5.76. The van der Waals surface area contributed by atoms with Crippen LogP contribution in [0.2, 0.25) is 0 Å². The Morgan fingerprint density at radius 1 is 1.57 bits per heavy atom. The van der Waals surface area contributed by atoms with Crippen molar-refractivity contribution >= 4 is 21.8 Å². The zero-order chi connectivity index (χ0) is 10.7. The minimum absolute atomic E-state index is 0.316. The maximum absolute atomic E-state index is 11.9. The van der Waals surface area contributed by atoms with Crippen LogP contribution in [0.15, 0.2) is 0 Å². The monoisotopic (exact) mass is 261 g/mol. The Bertz CT molecular complexity index is 205. The standard InChI is InChI=1S/C11H20BrNO/c1-8(2)7-11(14)13-6-4-5-10(12)9(13)3/h8-10H,4-7H2,1-3H3. The minimum Gasteiger partial charge on any atom is -0.339 e. The molecule has 2 atom stereocenters. The first-order chi connectivity index (χ1) is 6.52. The summed E-state index contributed by atoms with van der Waals surface area (Å²) in [6, 6.07) is 0.356. The highest BCUT2D eigenvalue weighted by atomic mass is 79.9. The average Bonchev–Trinajstić information content (AvgIpc) is 2.08. The third kappa shape index (κ3) is 2.97. The van der Waals surface area contributed by atoms with Gasteiger partial charge in [0.25, 0.3) is 0 Å². The lowest BCUT2D eigenvalue weighted by Crippen LogP contribution is -2.47. The molecule has 1 rings (SSSR count). The molecule has 0 aromatic heterocycles. The predicted octanol–water partition coefficient (Wildman–Crippen LogP) is 2.81. The van der Waals surface area contributed by atoms with E-state index in [-0.39, 0.29) is 0 Å². The molecule has 1 heterocycles. The van der Waals surface area contributed by atoms with Crippen LogP contribution in [0.4, 0.5) is 0 Å². The number of hydrogen-bond donors (Lipinski definition) is 0. The quantitative estimate of drug-likeness (QED) is 0.701. The Labute approximate surface area is 95.2 Å². The number of hydrogen-bond acceptors (Lipinski definition) is 1. The molecule has 2 unspecified atom stereocenters. The molecule has 1 amide bonds. The molecule has 0 saturated carbocycles. The summed E-state index contributed by atoms with van der Waals surface area (Å²) < 4.78 is 0. The molecule has 0 bridgehead atoms. The van der Waals surface area contributed by atoms with Gasteiger partial charge in [0.2, 0.25) is 5.91 Å². The van der Waals surface area contributed by atoms with Crippen molar-refractivity contribution in [2.75, 3.05) is 6.54 Å². The van der Waals surface area contributed by atoms with Crippen molar-refractivity contribution in [2.45, 2.75) is 50.9 Å². The molecule has 1 fully saturated rings.